The Bertz CT molecular complexity index is 883. The molecule has 0 saturated carbocycles. The van der Waals surface area contributed by atoms with Crippen molar-refractivity contribution in [2.45, 2.75) is 4.90 Å². The monoisotopic (exact) mass is 362 g/mol. The zero-order valence-corrected chi connectivity index (χ0v) is 14.3. The minimum absolute atomic E-state index is 0.0893. The fraction of sp³-hybridized carbons (Fsp3) is 0.125. The zero-order valence-electron chi connectivity index (χ0n) is 13.5. The second-order valence-electron chi connectivity index (χ2n) is 5.15. The molecule has 4 N–H and O–H groups in total. The zero-order chi connectivity index (χ0) is 18.4. The minimum atomic E-state index is -3.84. The molecule has 2 aromatic carbocycles. The van der Waals surface area contributed by atoms with E-state index in [-0.39, 0.29) is 11.5 Å². The molecule has 0 spiro atoms. The Morgan fingerprint density at radius 3 is 2.68 bits per heavy atom. The van der Waals surface area contributed by atoms with Gasteiger partial charge in [-0.15, -0.1) is 0 Å². The minimum Gasteiger partial charge on any atom is -0.484 e. The normalized spacial score (nSPS) is 10.8. The van der Waals surface area contributed by atoms with Crippen LogP contribution in [0.4, 0.5) is 11.4 Å². The summed E-state index contributed by atoms with van der Waals surface area (Å²) in [6.45, 7) is -0.253. The summed E-state index contributed by atoms with van der Waals surface area (Å²) in [5, 5.41) is 14.8. The van der Waals surface area contributed by atoms with Crippen LogP contribution in [-0.2, 0) is 14.8 Å². The van der Waals surface area contributed by atoms with E-state index >= 15 is 0 Å². The molecule has 0 fully saturated rings. The number of rotatable bonds is 7. The Hall–Kier alpha value is -2.91. The maximum absolute atomic E-state index is 12.0. The van der Waals surface area contributed by atoms with Gasteiger partial charge >= 0.3 is 0 Å². The number of carbonyl (C=O) groups excluding carboxylic acids is 1. The number of carbonyl (C=O) groups is 1. The van der Waals surface area contributed by atoms with Gasteiger partial charge in [-0.2, -0.15) is 0 Å². The van der Waals surface area contributed by atoms with Gasteiger partial charge < -0.3 is 15.0 Å². The highest BCUT2D eigenvalue weighted by Gasteiger charge is 2.10. The smallest absolute Gasteiger partial charge is 0.262 e. The molecule has 0 saturated heterocycles. The van der Waals surface area contributed by atoms with E-state index in [1.807, 2.05) is 0 Å². The topological polar surface area (TPSA) is 126 Å². The molecule has 0 aliphatic rings. The molecule has 0 radical (unpaired) electrons. The Morgan fingerprint density at radius 1 is 1.28 bits per heavy atom. The van der Waals surface area contributed by atoms with Gasteiger partial charge in [0, 0.05) is 24.5 Å². The summed E-state index contributed by atoms with van der Waals surface area (Å²) < 4.78 is 28.0. The Kier molecular flexibility index (Phi) is 5.73. The predicted octanol–water partition coefficient (Wildman–Crippen LogP) is 1.39. The van der Waals surface area contributed by atoms with Crippen molar-refractivity contribution in [1.29, 1.82) is 5.41 Å². The van der Waals surface area contributed by atoms with E-state index in [0.717, 1.165) is 12.0 Å². The lowest BCUT2D eigenvalue weighted by Gasteiger charge is -2.14. The highest BCUT2D eigenvalue weighted by Crippen LogP contribution is 2.19. The average molecular weight is 362 g/mol. The summed E-state index contributed by atoms with van der Waals surface area (Å²) in [6, 6.07) is 12.6. The van der Waals surface area contributed by atoms with Gasteiger partial charge in [0.15, 0.2) is 6.61 Å². The van der Waals surface area contributed by atoms with Gasteiger partial charge in [0.25, 0.3) is 5.91 Å². The molecule has 8 nitrogen and oxygen atoms in total. The Balaban J connectivity index is 1.99. The van der Waals surface area contributed by atoms with Crippen molar-refractivity contribution >= 4 is 33.6 Å². The number of ether oxygens (including phenoxy) is 1. The summed E-state index contributed by atoms with van der Waals surface area (Å²) >= 11 is 0. The number of benzene rings is 2. The van der Waals surface area contributed by atoms with Crippen LogP contribution in [0, 0.1) is 5.41 Å². The first-order chi connectivity index (χ1) is 11.8. The lowest BCUT2D eigenvalue weighted by molar-refractivity contribution is -0.118. The maximum Gasteiger partial charge on any atom is 0.262 e. The molecular formula is C16H18N4O4S. The van der Waals surface area contributed by atoms with Crippen LogP contribution in [0.3, 0.4) is 0 Å². The number of nitrogens with two attached hydrogens (primary N) is 1. The molecule has 9 heteroatoms. The number of anilines is 2. The van der Waals surface area contributed by atoms with Crippen molar-refractivity contribution in [2.24, 2.45) is 5.14 Å². The summed E-state index contributed by atoms with van der Waals surface area (Å²) in [4.78, 5) is 13.5. The fourth-order valence-corrected chi connectivity index (χ4v) is 2.52. The molecule has 0 heterocycles. The van der Waals surface area contributed by atoms with Crippen LogP contribution in [0.2, 0.25) is 0 Å². The molecule has 132 valence electrons. The van der Waals surface area contributed by atoms with Crippen molar-refractivity contribution in [3.8, 4) is 5.75 Å². The first-order valence-electron chi connectivity index (χ1n) is 7.18. The predicted molar refractivity (Wildman–Crippen MR) is 95.6 cm³/mol. The molecule has 0 aromatic heterocycles. The quantitative estimate of drug-likeness (QED) is 0.507. The van der Waals surface area contributed by atoms with Gasteiger partial charge in [-0.1, -0.05) is 12.1 Å². The lowest BCUT2D eigenvalue weighted by atomic mass is 10.3. The lowest BCUT2D eigenvalue weighted by Crippen LogP contribution is -2.21. The van der Waals surface area contributed by atoms with Gasteiger partial charge in [-0.3, -0.25) is 10.2 Å². The first-order valence-corrected chi connectivity index (χ1v) is 8.73. The molecule has 0 atom stereocenters. The third kappa shape index (κ3) is 5.30. The van der Waals surface area contributed by atoms with Crippen LogP contribution in [0.15, 0.2) is 53.4 Å². The van der Waals surface area contributed by atoms with Gasteiger partial charge in [0.05, 0.1) is 11.2 Å². The molecule has 0 aliphatic carbocycles. The molecular weight excluding hydrogens is 344 g/mol. The SMILES string of the molecule is CN(C=N)c1cccc(OCC(=O)Nc2cccc(S(N)(=O)=O)c2)c1. The van der Waals surface area contributed by atoms with Crippen LogP contribution < -0.4 is 20.1 Å². The van der Waals surface area contributed by atoms with Crippen LogP contribution in [0.25, 0.3) is 0 Å². The molecule has 0 aliphatic heterocycles. The highest BCUT2D eigenvalue weighted by molar-refractivity contribution is 7.89. The van der Waals surface area contributed by atoms with E-state index in [0.29, 0.717) is 11.4 Å². The van der Waals surface area contributed by atoms with Crippen LogP contribution in [-0.4, -0.2) is 34.3 Å². The number of amides is 1. The van der Waals surface area contributed by atoms with Crippen molar-refractivity contribution in [1.82, 2.24) is 0 Å². The summed E-state index contributed by atoms with van der Waals surface area (Å²) in [7, 11) is -2.12. The third-order valence-electron chi connectivity index (χ3n) is 3.23. The summed E-state index contributed by atoms with van der Waals surface area (Å²) in [5.74, 6) is 0.0250. The van der Waals surface area contributed by atoms with Crippen molar-refractivity contribution in [2.75, 3.05) is 23.9 Å². The van der Waals surface area contributed by atoms with Gasteiger partial charge in [0.1, 0.15) is 5.75 Å². The Labute approximate surface area is 145 Å². The number of primary sulfonamides is 1. The number of nitrogens with zero attached hydrogens (tertiary/aromatic N) is 1. The standard InChI is InChI=1S/C16H18N4O4S/c1-20(11-17)13-5-3-6-14(9-13)24-10-16(21)19-12-4-2-7-15(8-12)25(18,22)23/h2-9,11,17H,10H2,1H3,(H,19,21)(H2,18,22,23). The third-order valence-corrected chi connectivity index (χ3v) is 4.15. The number of nitrogens with one attached hydrogen (secondary N) is 2. The molecule has 2 rings (SSSR count). The second kappa shape index (κ2) is 7.77. The summed E-state index contributed by atoms with van der Waals surface area (Å²) in [5.41, 5.74) is 1.05. The van der Waals surface area contributed by atoms with Crippen LogP contribution in [0.5, 0.6) is 5.75 Å². The molecule has 0 bridgehead atoms. The van der Waals surface area contributed by atoms with E-state index < -0.39 is 15.9 Å². The van der Waals surface area contributed by atoms with Crippen molar-refractivity contribution < 1.29 is 17.9 Å². The average Bonchev–Trinajstić information content (AvgIpc) is 2.59. The number of hydrogen-bond acceptors (Lipinski definition) is 5. The molecule has 0 unspecified atom stereocenters. The van der Waals surface area contributed by atoms with E-state index in [4.69, 9.17) is 15.3 Å². The highest BCUT2D eigenvalue weighted by atomic mass is 32.2. The second-order valence-corrected chi connectivity index (χ2v) is 6.71. The molecule has 25 heavy (non-hydrogen) atoms. The van der Waals surface area contributed by atoms with Gasteiger partial charge in [-0.25, -0.2) is 13.6 Å². The number of sulfonamides is 1. The Morgan fingerprint density at radius 2 is 2.00 bits per heavy atom. The van der Waals surface area contributed by atoms with E-state index in [1.54, 1.807) is 42.3 Å². The first kappa shape index (κ1) is 18.4. The fourth-order valence-electron chi connectivity index (χ4n) is 1.96. The van der Waals surface area contributed by atoms with Crippen molar-refractivity contribution in [3.63, 3.8) is 0 Å². The van der Waals surface area contributed by atoms with Crippen LogP contribution in [0.1, 0.15) is 0 Å². The van der Waals surface area contributed by atoms with Gasteiger partial charge in [0.2, 0.25) is 10.0 Å². The number of hydrogen-bond donors (Lipinski definition) is 3. The van der Waals surface area contributed by atoms with Gasteiger partial charge in [-0.05, 0) is 30.3 Å². The van der Waals surface area contributed by atoms with E-state index in [9.17, 15) is 13.2 Å². The molecule has 1 amide bonds. The summed E-state index contributed by atoms with van der Waals surface area (Å²) in [6.07, 6.45) is 1.16. The maximum atomic E-state index is 12.0. The largest absolute Gasteiger partial charge is 0.484 e. The van der Waals surface area contributed by atoms with E-state index in [2.05, 4.69) is 5.32 Å². The van der Waals surface area contributed by atoms with Crippen LogP contribution >= 0.6 is 0 Å². The molecule has 2 aromatic rings. The van der Waals surface area contributed by atoms with E-state index in [1.165, 1.54) is 18.2 Å². The van der Waals surface area contributed by atoms with Crippen molar-refractivity contribution in [3.05, 3.63) is 48.5 Å².